The summed E-state index contributed by atoms with van der Waals surface area (Å²) in [5.41, 5.74) is 18.3. The summed E-state index contributed by atoms with van der Waals surface area (Å²) < 4.78 is 0. The van der Waals surface area contributed by atoms with Crippen LogP contribution in [-0.4, -0.2) is 0 Å². The molecule has 0 N–H and O–H groups in total. The maximum absolute atomic E-state index is 2.49. The van der Waals surface area contributed by atoms with E-state index in [1.165, 1.54) is 76.8 Å². The fourth-order valence-corrected chi connectivity index (χ4v) is 12.0. The van der Waals surface area contributed by atoms with Crippen molar-refractivity contribution in [2.24, 2.45) is 0 Å². The molecule has 13 aromatic carbocycles. The van der Waals surface area contributed by atoms with Crippen molar-refractivity contribution in [1.82, 2.24) is 0 Å². The summed E-state index contributed by atoms with van der Waals surface area (Å²) >= 11 is 0. The molecule has 1 aliphatic rings. The first-order valence-electron chi connectivity index (χ1n) is 25.9. The molecule has 0 saturated carbocycles. The molecule has 0 bridgehead atoms. The molecule has 0 radical (unpaired) electrons. The second-order valence-corrected chi connectivity index (χ2v) is 19.6. The number of hydrogen-bond donors (Lipinski definition) is 0. The van der Waals surface area contributed by atoms with Crippen LogP contribution in [0.4, 0.5) is 34.1 Å². The van der Waals surface area contributed by atoms with E-state index in [0.717, 1.165) is 45.3 Å². The first kappa shape index (κ1) is 44.0. The van der Waals surface area contributed by atoms with Gasteiger partial charge in [0.2, 0.25) is 0 Å². The Bertz CT molecular complexity index is 4050. The summed E-state index contributed by atoms with van der Waals surface area (Å²) in [6.07, 6.45) is 0. The Labute approximate surface area is 438 Å². The number of benzene rings is 13. The summed E-state index contributed by atoms with van der Waals surface area (Å²) in [7, 11) is 0. The lowest BCUT2D eigenvalue weighted by atomic mass is 9.67. The minimum absolute atomic E-state index is 0.534. The van der Waals surface area contributed by atoms with E-state index in [2.05, 4.69) is 313 Å². The zero-order chi connectivity index (χ0) is 49.7. The van der Waals surface area contributed by atoms with Crippen LogP contribution in [0.1, 0.15) is 22.3 Å². The zero-order valence-corrected chi connectivity index (χ0v) is 41.3. The molecule has 352 valence electrons. The van der Waals surface area contributed by atoms with Gasteiger partial charge in [-0.3, -0.25) is 0 Å². The van der Waals surface area contributed by atoms with Crippen molar-refractivity contribution in [2.45, 2.75) is 5.41 Å². The van der Waals surface area contributed by atoms with E-state index in [4.69, 9.17) is 0 Å². The van der Waals surface area contributed by atoms with Gasteiger partial charge in [-0.2, -0.15) is 0 Å². The summed E-state index contributed by atoms with van der Waals surface area (Å²) in [4.78, 5) is 4.82. The van der Waals surface area contributed by atoms with E-state index >= 15 is 0 Å². The quantitative estimate of drug-likeness (QED) is 0.119. The van der Waals surface area contributed by atoms with Crippen molar-refractivity contribution in [3.8, 4) is 33.4 Å². The second-order valence-electron chi connectivity index (χ2n) is 19.6. The molecule has 13 aromatic rings. The molecular formula is C73H50N2. The molecule has 0 fully saturated rings. The van der Waals surface area contributed by atoms with Gasteiger partial charge in [0.05, 0.1) is 11.1 Å². The van der Waals surface area contributed by atoms with Crippen molar-refractivity contribution < 1.29 is 0 Å². The highest BCUT2D eigenvalue weighted by molar-refractivity contribution is 6.17. The van der Waals surface area contributed by atoms with Crippen LogP contribution < -0.4 is 9.80 Å². The lowest BCUT2D eigenvalue weighted by Crippen LogP contribution is -2.29. The number of hydrogen-bond acceptors (Lipinski definition) is 2. The molecule has 0 atom stereocenters. The molecule has 1 aliphatic carbocycles. The molecule has 14 rings (SSSR count). The van der Waals surface area contributed by atoms with Crippen molar-refractivity contribution in [2.75, 3.05) is 9.80 Å². The van der Waals surface area contributed by atoms with Gasteiger partial charge >= 0.3 is 0 Å². The Morgan fingerprint density at radius 3 is 1.13 bits per heavy atom. The highest BCUT2D eigenvalue weighted by Gasteiger charge is 2.45. The summed E-state index contributed by atoms with van der Waals surface area (Å²) in [6, 6.07) is 111. The Balaban J connectivity index is 0.876. The first-order valence-corrected chi connectivity index (χ1v) is 25.9. The topological polar surface area (TPSA) is 6.48 Å². The van der Waals surface area contributed by atoms with Crippen LogP contribution in [0, 0.1) is 0 Å². The molecule has 0 amide bonds. The van der Waals surface area contributed by atoms with E-state index in [-0.39, 0.29) is 0 Å². The van der Waals surface area contributed by atoms with Crippen LogP contribution in [0.5, 0.6) is 0 Å². The SMILES string of the molecule is c1ccc(-c2ccc(N(c3ccc(-c4ccccc4)cc3)c3ccc(-c4ccc(N(c5cc6c7c(ccc8cccc(c87)C6(c6ccccc6)c6ccccc6)c5)c5cccc6ccccc56)cc4)cc3)cc2)cc1. The Morgan fingerprint density at radius 1 is 0.227 bits per heavy atom. The lowest BCUT2D eigenvalue weighted by molar-refractivity contribution is 0.771. The largest absolute Gasteiger partial charge is 0.311 e. The molecule has 2 nitrogen and oxygen atoms in total. The van der Waals surface area contributed by atoms with Crippen LogP contribution in [0.2, 0.25) is 0 Å². The maximum atomic E-state index is 2.49. The van der Waals surface area contributed by atoms with Gasteiger partial charge in [0, 0.05) is 33.8 Å². The fraction of sp³-hybridized carbons (Fsp3) is 0.0137. The molecule has 0 unspecified atom stereocenters. The van der Waals surface area contributed by atoms with Gasteiger partial charge in [0.15, 0.2) is 0 Å². The van der Waals surface area contributed by atoms with Crippen molar-refractivity contribution in [1.29, 1.82) is 0 Å². The molecule has 0 spiro atoms. The monoisotopic (exact) mass is 954 g/mol. The van der Waals surface area contributed by atoms with Crippen molar-refractivity contribution in [3.63, 3.8) is 0 Å². The number of rotatable bonds is 11. The third-order valence-electron chi connectivity index (χ3n) is 15.5. The minimum atomic E-state index is -0.534. The predicted molar refractivity (Wildman–Crippen MR) is 317 cm³/mol. The Hall–Kier alpha value is -9.76. The number of anilines is 6. The summed E-state index contributed by atoms with van der Waals surface area (Å²) in [5, 5.41) is 7.55. The van der Waals surface area contributed by atoms with Crippen LogP contribution >= 0.6 is 0 Å². The van der Waals surface area contributed by atoms with Gasteiger partial charge in [-0.25, -0.2) is 0 Å². The Morgan fingerprint density at radius 2 is 0.613 bits per heavy atom. The molecule has 2 heteroatoms. The maximum Gasteiger partial charge on any atom is 0.0714 e. The van der Waals surface area contributed by atoms with Crippen molar-refractivity contribution in [3.05, 3.63) is 326 Å². The van der Waals surface area contributed by atoms with Gasteiger partial charge in [0.25, 0.3) is 0 Å². The van der Waals surface area contributed by atoms with Gasteiger partial charge in [-0.15, -0.1) is 0 Å². The highest BCUT2D eigenvalue weighted by atomic mass is 15.1. The molecule has 0 aliphatic heterocycles. The predicted octanol–water partition coefficient (Wildman–Crippen LogP) is 19.8. The average Bonchev–Trinajstić information content (AvgIpc) is 3.89. The van der Waals surface area contributed by atoms with E-state index < -0.39 is 5.41 Å². The number of fused-ring (bicyclic) bond motifs is 1. The molecule has 75 heavy (non-hydrogen) atoms. The van der Waals surface area contributed by atoms with Crippen molar-refractivity contribution >= 4 is 66.4 Å². The standard InChI is InChI=1S/C73H50N2/c1-5-17-51(18-6-1)53-33-41-62(42-34-53)74(63-43-35-54(36-44-63)52-19-7-2-8-20-52)64-45-37-55(38-46-64)56-39-47-65(48-40-56)75(70-30-16-22-57-21-13-14-28-67(57)70)66-49-59-32-31-58-23-15-29-68-71(58)72(59)69(50-66)73(68,60-24-9-3-10-25-60)61-26-11-4-12-27-61/h1-50H. The summed E-state index contributed by atoms with van der Waals surface area (Å²) in [5.74, 6) is 0. The molecule has 0 aromatic heterocycles. The van der Waals surface area contributed by atoms with Crippen LogP contribution in [-0.2, 0) is 5.41 Å². The van der Waals surface area contributed by atoms with Gasteiger partial charge in [-0.1, -0.05) is 237 Å². The van der Waals surface area contributed by atoms with E-state index in [9.17, 15) is 0 Å². The van der Waals surface area contributed by atoms with Gasteiger partial charge in [0.1, 0.15) is 0 Å². The highest BCUT2D eigenvalue weighted by Crippen LogP contribution is 2.57. The smallest absolute Gasteiger partial charge is 0.0714 e. The zero-order valence-electron chi connectivity index (χ0n) is 41.3. The molecular weight excluding hydrogens is 905 g/mol. The van der Waals surface area contributed by atoms with E-state index in [0.29, 0.717) is 0 Å². The lowest BCUT2D eigenvalue weighted by Gasteiger charge is -2.35. The number of nitrogens with zero attached hydrogens (tertiary/aromatic N) is 2. The first-order chi connectivity index (χ1) is 37.2. The summed E-state index contributed by atoms with van der Waals surface area (Å²) in [6.45, 7) is 0. The third kappa shape index (κ3) is 7.49. The van der Waals surface area contributed by atoms with Crippen LogP contribution in [0.3, 0.4) is 0 Å². The van der Waals surface area contributed by atoms with Gasteiger partial charge in [-0.05, 0) is 149 Å². The average molecular weight is 955 g/mol. The van der Waals surface area contributed by atoms with E-state index in [1.54, 1.807) is 0 Å². The second kappa shape index (κ2) is 18.4. The Kier molecular flexibility index (Phi) is 10.8. The fourth-order valence-electron chi connectivity index (χ4n) is 12.0. The van der Waals surface area contributed by atoms with Gasteiger partial charge < -0.3 is 9.80 Å². The van der Waals surface area contributed by atoms with Crippen LogP contribution in [0.25, 0.3) is 65.7 Å². The minimum Gasteiger partial charge on any atom is -0.311 e. The molecule has 0 saturated heterocycles. The molecule has 0 heterocycles. The third-order valence-corrected chi connectivity index (χ3v) is 15.5. The van der Waals surface area contributed by atoms with Crippen LogP contribution in [0.15, 0.2) is 303 Å². The van der Waals surface area contributed by atoms with E-state index in [1.807, 2.05) is 0 Å². The normalized spacial score (nSPS) is 12.4.